The Labute approximate surface area is 126 Å². The summed E-state index contributed by atoms with van der Waals surface area (Å²) < 4.78 is 6.16. The van der Waals surface area contributed by atoms with Crippen LogP contribution >= 0.6 is 0 Å². The molecule has 0 aliphatic carbocycles. The number of ether oxygens (including phenoxy) is 1. The van der Waals surface area contributed by atoms with Crippen molar-refractivity contribution in [3.05, 3.63) is 47.5 Å². The average Bonchev–Trinajstić information content (AvgIpc) is 2.42. The van der Waals surface area contributed by atoms with Gasteiger partial charge in [-0.3, -0.25) is 0 Å². The van der Waals surface area contributed by atoms with E-state index in [2.05, 4.69) is 27.7 Å². The summed E-state index contributed by atoms with van der Waals surface area (Å²) in [5.41, 5.74) is 15.6. The van der Waals surface area contributed by atoms with Crippen LogP contribution in [0.3, 0.4) is 0 Å². The van der Waals surface area contributed by atoms with Crippen LogP contribution in [0.5, 0.6) is 11.5 Å². The van der Waals surface area contributed by atoms with E-state index in [0.717, 1.165) is 34.0 Å². The third kappa shape index (κ3) is 3.48. The highest BCUT2D eigenvalue weighted by molar-refractivity contribution is 5.57. The number of nitrogen functional groups attached to an aromatic ring is 2. The van der Waals surface area contributed by atoms with Gasteiger partial charge in [0.05, 0.1) is 0 Å². The molecule has 0 heterocycles. The number of benzene rings is 2. The maximum Gasteiger partial charge on any atom is 0.134 e. The first kappa shape index (κ1) is 15.2. The van der Waals surface area contributed by atoms with Crippen molar-refractivity contribution in [3.63, 3.8) is 0 Å². The fourth-order valence-electron chi connectivity index (χ4n) is 2.33. The topological polar surface area (TPSA) is 61.3 Å². The molecule has 0 fully saturated rings. The number of hydrogen-bond donors (Lipinski definition) is 2. The molecular weight excluding hydrogens is 260 g/mol. The van der Waals surface area contributed by atoms with Crippen LogP contribution in [-0.2, 0) is 0 Å². The Kier molecular flexibility index (Phi) is 4.41. The lowest BCUT2D eigenvalue weighted by Gasteiger charge is -2.21. The van der Waals surface area contributed by atoms with Crippen LogP contribution < -0.4 is 16.2 Å². The van der Waals surface area contributed by atoms with Gasteiger partial charge >= 0.3 is 0 Å². The lowest BCUT2D eigenvalue weighted by molar-refractivity contribution is 0.464. The van der Waals surface area contributed by atoms with E-state index in [1.165, 1.54) is 0 Å². The van der Waals surface area contributed by atoms with E-state index in [9.17, 15) is 0 Å². The van der Waals surface area contributed by atoms with Crippen LogP contribution in [0.15, 0.2) is 36.4 Å². The second kappa shape index (κ2) is 6.08. The van der Waals surface area contributed by atoms with Crippen molar-refractivity contribution in [2.24, 2.45) is 0 Å². The number of rotatable bonds is 4. The Hall–Kier alpha value is -2.16. The van der Waals surface area contributed by atoms with E-state index in [1.54, 1.807) is 0 Å². The van der Waals surface area contributed by atoms with Crippen LogP contribution in [0.4, 0.5) is 11.4 Å². The van der Waals surface area contributed by atoms with Crippen molar-refractivity contribution in [2.75, 3.05) is 11.5 Å². The normalized spacial score (nSPS) is 11.1. The molecule has 4 N–H and O–H groups in total. The van der Waals surface area contributed by atoms with Crippen LogP contribution in [0.25, 0.3) is 0 Å². The Morgan fingerprint density at radius 3 is 1.67 bits per heavy atom. The summed E-state index contributed by atoms with van der Waals surface area (Å²) in [7, 11) is 0. The summed E-state index contributed by atoms with van der Waals surface area (Å²) in [5, 5.41) is 0. The van der Waals surface area contributed by atoms with Crippen molar-refractivity contribution < 1.29 is 4.74 Å². The van der Waals surface area contributed by atoms with Gasteiger partial charge in [0.25, 0.3) is 0 Å². The summed E-state index contributed by atoms with van der Waals surface area (Å²) in [4.78, 5) is 0. The first-order chi connectivity index (χ1) is 9.88. The number of anilines is 2. The monoisotopic (exact) mass is 284 g/mol. The van der Waals surface area contributed by atoms with Gasteiger partial charge in [-0.2, -0.15) is 0 Å². The summed E-state index contributed by atoms with van der Waals surface area (Å²) in [6.07, 6.45) is 0. The molecule has 0 spiro atoms. The molecule has 0 aliphatic heterocycles. The van der Waals surface area contributed by atoms with Gasteiger partial charge in [-0.1, -0.05) is 27.7 Å². The van der Waals surface area contributed by atoms with Crippen molar-refractivity contribution in [1.82, 2.24) is 0 Å². The Bertz CT molecular complexity index is 587. The van der Waals surface area contributed by atoms with Crippen LogP contribution in [-0.4, -0.2) is 0 Å². The fraction of sp³-hybridized carbons (Fsp3) is 0.333. The van der Waals surface area contributed by atoms with E-state index in [0.29, 0.717) is 11.8 Å². The standard InChI is InChI=1S/C18H24N2O/c1-11(2)16-9-14(20)10-17(12(3)4)18(16)21-15-7-5-13(19)6-8-15/h5-12H,19-20H2,1-4H3. The molecule has 0 amide bonds. The molecule has 0 saturated carbocycles. The highest BCUT2D eigenvalue weighted by Gasteiger charge is 2.17. The van der Waals surface area contributed by atoms with E-state index in [4.69, 9.17) is 16.2 Å². The summed E-state index contributed by atoms with van der Waals surface area (Å²) >= 11 is 0. The second-order valence-corrected chi connectivity index (χ2v) is 6.01. The molecule has 2 rings (SSSR count). The van der Waals surface area contributed by atoms with Crippen LogP contribution in [0, 0.1) is 0 Å². The quantitative estimate of drug-likeness (QED) is 0.786. The maximum atomic E-state index is 6.16. The van der Waals surface area contributed by atoms with Crippen LogP contribution in [0.2, 0.25) is 0 Å². The van der Waals surface area contributed by atoms with Gasteiger partial charge in [0.2, 0.25) is 0 Å². The van der Waals surface area contributed by atoms with E-state index in [1.807, 2.05) is 36.4 Å². The maximum absolute atomic E-state index is 6.16. The predicted octanol–water partition coefficient (Wildman–Crippen LogP) is 4.89. The number of hydrogen-bond acceptors (Lipinski definition) is 3. The van der Waals surface area contributed by atoms with Crippen molar-refractivity contribution in [1.29, 1.82) is 0 Å². The van der Waals surface area contributed by atoms with Gasteiger partial charge in [0.1, 0.15) is 11.5 Å². The molecule has 0 aromatic heterocycles. The number of nitrogens with two attached hydrogens (primary N) is 2. The Balaban J connectivity index is 2.51. The molecule has 0 saturated heterocycles. The van der Waals surface area contributed by atoms with Crippen LogP contribution in [0.1, 0.15) is 50.7 Å². The molecule has 0 atom stereocenters. The van der Waals surface area contributed by atoms with Crippen molar-refractivity contribution in [2.45, 2.75) is 39.5 Å². The molecule has 0 bridgehead atoms. The van der Waals surface area contributed by atoms with Gasteiger partial charge in [0.15, 0.2) is 0 Å². The third-order valence-corrected chi connectivity index (χ3v) is 3.51. The zero-order chi connectivity index (χ0) is 15.6. The summed E-state index contributed by atoms with van der Waals surface area (Å²) in [6.45, 7) is 8.59. The Morgan fingerprint density at radius 1 is 0.762 bits per heavy atom. The first-order valence-electron chi connectivity index (χ1n) is 7.35. The fourth-order valence-corrected chi connectivity index (χ4v) is 2.33. The minimum Gasteiger partial charge on any atom is -0.457 e. The van der Waals surface area contributed by atoms with Gasteiger partial charge in [-0.05, 0) is 59.4 Å². The van der Waals surface area contributed by atoms with Gasteiger partial charge < -0.3 is 16.2 Å². The molecule has 112 valence electrons. The minimum absolute atomic E-state index is 0.342. The van der Waals surface area contributed by atoms with E-state index in [-0.39, 0.29) is 0 Å². The predicted molar refractivity (Wildman–Crippen MR) is 90.0 cm³/mol. The molecular formula is C18H24N2O. The third-order valence-electron chi connectivity index (χ3n) is 3.51. The molecule has 21 heavy (non-hydrogen) atoms. The van der Waals surface area contributed by atoms with E-state index < -0.39 is 0 Å². The van der Waals surface area contributed by atoms with Gasteiger partial charge in [-0.25, -0.2) is 0 Å². The SMILES string of the molecule is CC(C)c1cc(N)cc(C(C)C)c1Oc1ccc(N)cc1. The van der Waals surface area contributed by atoms with Crippen molar-refractivity contribution in [3.8, 4) is 11.5 Å². The summed E-state index contributed by atoms with van der Waals surface area (Å²) in [6, 6.07) is 11.5. The molecule has 3 nitrogen and oxygen atoms in total. The highest BCUT2D eigenvalue weighted by atomic mass is 16.5. The molecule has 2 aromatic carbocycles. The molecule has 0 unspecified atom stereocenters. The highest BCUT2D eigenvalue weighted by Crippen LogP contribution is 2.39. The largest absolute Gasteiger partial charge is 0.457 e. The average molecular weight is 284 g/mol. The Morgan fingerprint density at radius 2 is 1.24 bits per heavy atom. The molecule has 3 heteroatoms. The lowest BCUT2D eigenvalue weighted by atomic mass is 9.93. The van der Waals surface area contributed by atoms with Crippen molar-refractivity contribution >= 4 is 11.4 Å². The summed E-state index contributed by atoms with van der Waals surface area (Å²) in [5.74, 6) is 2.39. The second-order valence-electron chi connectivity index (χ2n) is 6.01. The van der Waals surface area contributed by atoms with Gasteiger partial charge in [-0.15, -0.1) is 0 Å². The minimum atomic E-state index is 0.342. The first-order valence-corrected chi connectivity index (χ1v) is 7.35. The zero-order valence-corrected chi connectivity index (χ0v) is 13.2. The molecule has 0 radical (unpaired) electrons. The van der Waals surface area contributed by atoms with E-state index >= 15 is 0 Å². The lowest BCUT2D eigenvalue weighted by Crippen LogP contribution is -2.03. The zero-order valence-electron chi connectivity index (χ0n) is 13.2. The van der Waals surface area contributed by atoms with Gasteiger partial charge in [0, 0.05) is 11.4 Å². The smallest absolute Gasteiger partial charge is 0.134 e. The molecule has 0 aliphatic rings. The molecule has 2 aromatic rings.